The van der Waals surface area contributed by atoms with Crippen molar-refractivity contribution in [1.29, 1.82) is 0 Å². The van der Waals surface area contributed by atoms with Crippen LogP contribution in [0.15, 0.2) is 33.2 Å². The quantitative estimate of drug-likeness (QED) is 0.849. The van der Waals surface area contributed by atoms with E-state index in [9.17, 15) is 0 Å². The van der Waals surface area contributed by atoms with Crippen molar-refractivity contribution in [3.8, 4) is 0 Å². The summed E-state index contributed by atoms with van der Waals surface area (Å²) in [5.41, 5.74) is 1.13. The minimum Gasteiger partial charge on any atom is -0.406 e. The van der Waals surface area contributed by atoms with Gasteiger partial charge in [0.25, 0.3) is 0 Å². The second-order valence-electron chi connectivity index (χ2n) is 3.98. The standard InChI is InChI=1S/C12H13BrClN3O/c1-7(14)11-16-17-12(18-11)15-8(2)9-4-3-5-10(13)6-9/h3-8H,1-2H3,(H,15,17). The molecule has 0 amide bonds. The molecule has 0 aliphatic heterocycles. The van der Waals surface area contributed by atoms with Gasteiger partial charge in [0.1, 0.15) is 5.38 Å². The monoisotopic (exact) mass is 329 g/mol. The second kappa shape index (κ2) is 5.71. The first-order valence-electron chi connectivity index (χ1n) is 5.55. The van der Waals surface area contributed by atoms with E-state index in [-0.39, 0.29) is 11.4 Å². The van der Waals surface area contributed by atoms with E-state index >= 15 is 0 Å². The first kappa shape index (κ1) is 13.4. The zero-order valence-electron chi connectivity index (χ0n) is 10.0. The number of halogens is 2. The third kappa shape index (κ3) is 3.23. The summed E-state index contributed by atoms with van der Waals surface area (Å²) in [7, 11) is 0. The molecule has 0 bridgehead atoms. The Balaban J connectivity index is 2.08. The first-order chi connectivity index (χ1) is 8.56. The van der Waals surface area contributed by atoms with E-state index < -0.39 is 0 Å². The summed E-state index contributed by atoms with van der Waals surface area (Å²) >= 11 is 9.30. The molecule has 0 fully saturated rings. The SMILES string of the molecule is CC(Cl)c1nnc(NC(C)c2cccc(Br)c2)o1. The van der Waals surface area contributed by atoms with Crippen LogP contribution >= 0.6 is 27.5 Å². The molecule has 1 heterocycles. The average Bonchev–Trinajstić information content (AvgIpc) is 2.77. The summed E-state index contributed by atoms with van der Waals surface area (Å²) in [4.78, 5) is 0. The molecule has 0 aliphatic carbocycles. The number of benzene rings is 1. The highest BCUT2D eigenvalue weighted by Crippen LogP contribution is 2.24. The van der Waals surface area contributed by atoms with E-state index in [4.69, 9.17) is 16.0 Å². The predicted molar refractivity (Wildman–Crippen MR) is 74.7 cm³/mol. The fourth-order valence-electron chi connectivity index (χ4n) is 1.50. The molecule has 1 N–H and O–H groups in total. The molecule has 0 aliphatic rings. The molecule has 4 nitrogen and oxygen atoms in total. The van der Waals surface area contributed by atoms with E-state index in [1.807, 2.05) is 31.2 Å². The maximum atomic E-state index is 5.86. The largest absolute Gasteiger partial charge is 0.406 e. The summed E-state index contributed by atoms with van der Waals surface area (Å²) < 4.78 is 6.43. The number of nitrogens with one attached hydrogen (secondary N) is 1. The topological polar surface area (TPSA) is 51.0 Å². The van der Waals surface area contributed by atoms with Crippen molar-refractivity contribution in [3.05, 3.63) is 40.2 Å². The number of rotatable bonds is 4. The smallest absolute Gasteiger partial charge is 0.315 e. The van der Waals surface area contributed by atoms with Gasteiger partial charge in [-0.15, -0.1) is 16.7 Å². The van der Waals surface area contributed by atoms with E-state index in [1.165, 1.54) is 0 Å². The lowest BCUT2D eigenvalue weighted by Gasteiger charge is -2.12. The Hall–Kier alpha value is -1.07. The highest BCUT2D eigenvalue weighted by Gasteiger charge is 2.13. The van der Waals surface area contributed by atoms with Gasteiger partial charge in [0.05, 0.1) is 6.04 Å². The molecule has 1 aromatic heterocycles. The van der Waals surface area contributed by atoms with Gasteiger partial charge in [-0.3, -0.25) is 0 Å². The molecule has 1 aromatic carbocycles. The van der Waals surface area contributed by atoms with Crippen molar-refractivity contribution in [2.45, 2.75) is 25.3 Å². The molecule has 2 unspecified atom stereocenters. The van der Waals surface area contributed by atoms with Gasteiger partial charge in [-0.1, -0.05) is 33.2 Å². The molecule has 0 saturated carbocycles. The minimum absolute atomic E-state index is 0.0708. The third-order valence-corrected chi connectivity index (χ3v) is 3.15. The maximum Gasteiger partial charge on any atom is 0.315 e. The van der Waals surface area contributed by atoms with Crippen molar-refractivity contribution in [3.63, 3.8) is 0 Å². The van der Waals surface area contributed by atoms with Gasteiger partial charge in [-0.25, -0.2) is 0 Å². The van der Waals surface area contributed by atoms with Crippen LogP contribution in [0.3, 0.4) is 0 Å². The molecule has 2 rings (SSSR count). The van der Waals surface area contributed by atoms with Crippen molar-refractivity contribution in [2.75, 3.05) is 5.32 Å². The normalized spacial score (nSPS) is 14.2. The van der Waals surface area contributed by atoms with Gasteiger partial charge >= 0.3 is 6.01 Å². The summed E-state index contributed by atoms with van der Waals surface area (Å²) in [5, 5.41) is 10.6. The second-order valence-corrected chi connectivity index (χ2v) is 5.55. The van der Waals surface area contributed by atoms with Crippen LogP contribution in [0.2, 0.25) is 0 Å². The molecule has 0 radical (unpaired) electrons. The van der Waals surface area contributed by atoms with Crippen LogP contribution in [0.25, 0.3) is 0 Å². The number of anilines is 1. The summed E-state index contributed by atoms with van der Waals surface area (Å²) in [5.74, 6) is 0.417. The van der Waals surface area contributed by atoms with Gasteiger partial charge in [-0.05, 0) is 31.5 Å². The van der Waals surface area contributed by atoms with Crippen LogP contribution in [0.1, 0.15) is 36.7 Å². The van der Waals surface area contributed by atoms with Crippen molar-refractivity contribution in [2.24, 2.45) is 0 Å². The Bertz CT molecular complexity index is 530. The first-order valence-corrected chi connectivity index (χ1v) is 6.78. The Morgan fingerprint density at radius 3 is 2.72 bits per heavy atom. The Labute approximate surface area is 119 Å². The van der Waals surface area contributed by atoms with Crippen LogP contribution in [0, 0.1) is 0 Å². The van der Waals surface area contributed by atoms with Gasteiger partial charge in [0, 0.05) is 4.47 Å². The Morgan fingerprint density at radius 2 is 2.11 bits per heavy atom. The van der Waals surface area contributed by atoms with Crippen molar-refractivity contribution in [1.82, 2.24) is 10.2 Å². The molecular formula is C12H13BrClN3O. The molecule has 96 valence electrons. The van der Waals surface area contributed by atoms with E-state index in [2.05, 4.69) is 31.4 Å². The van der Waals surface area contributed by atoms with Crippen molar-refractivity contribution >= 4 is 33.5 Å². The highest BCUT2D eigenvalue weighted by molar-refractivity contribution is 9.10. The summed E-state index contributed by atoms with van der Waals surface area (Å²) in [6, 6.07) is 8.49. The van der Waals surface area contributed by atoms with Crippen LogP contribution in [0.4, 0.5) is 6.01 Å². The third-order valence-electron chi connectivity index (χ3n) is 2.47. The van der Waals surface area contributed by atoms with Gasteiger partial charge in [0.2, 0.25) is 5.89 Å². The number of hydrogen-bond donors (Lipinski definition) is 1. The highest BCUT2D eigenvalue weighted by atomic mass is 79.9. The lowest BCUT2D eigenvalue weighted by molar-refractivity contribution is 0.502. The lowest BCUT2D eigenvalue weighted by Crippen LogP contribution is -2.06. The zero-order chi connectivity index (χ0) is 13.1. The zero-order valence-corrected chi connectivity index (χ0v) is 12.4. The van der Waals surface area contributed by atoms with Crippen molar-refractivity contribution < 1.29 is 4.42 Å². The van der Waals surface area contributed by atoms with E-state index in [1.54, 1.807) is 6.92 Å². The lowest BCUT2D eigenvalue weighted by atomic mass is 10.1. The fourth-order valence-corrected chi connectivity index (χ4v) is 2.00. The predicted octanol–water partition coefficient (Wildman–Crippen LogP) is 4.31. The fraction of sp³-hybridized carbons (Fsp3) is 0.333. The van der Waals surface area contributed by atoms with Crippen LogP contribution in [-0.2, 0) is 0 Å². The molecule has 18 heavy (non-hydrogen) atoms. The molecular weight excluding hydrogens is 318 g/mol. The maximum absolute atomic E-state index is 5.86. The van der Waals surface area contributed by atoms with Gasteiger partial charge in [-0.2, -0.15) is 0 Å². The molecule has 2 atom stereocenters. The summed E-state index contributed by atoms with van der Waals surface area (Å²) in [6.45, 7) is 3.81. The number of aromatic nitrogens is 2. The van der Waals surface area contributed by atoms with E-state index in [0.717, 1.165) is 10.0 Å². The molecule has 0 saturated heterocycles. The average molecular weight is 331 g/mol. The van der Waals surface area contributed by atoms with Gasteiger partial charge in [0.15, 0.2) is 0 Å². The van der Waals surface area contributed by atoms with Gasteiger partial charge < -0.3 is 9.73 Å². The number of alkyl halides is 1. The molecule has 6 heteroatoms. The van der Waals surface area contributed by atoms with Crippen LogP contribution in [-0.4, -0.2) is 10.2 Å². The van der Waals surface area contributed by atoms with Crippen LogP contribution in [0.5, 0.6) is 0 Å². The molecule has 2 aromatic rings. The number of hydrogen-bond acceptors (Lipinski definition) is 4. The summed E-state index contributed by atoms with van der Waals surface area (Å²) in [6.07, 6.45) is 0. The molecule has 0 spiro atoms. The Kier molecular flexibility index (Phi) is 4.24. The van der Waals surface area contributed by atoms with Crippen LogP contribution < -0.4 is 5.32 Å². The number of nitrogens with zero attached hydrogens (tertiary/aromatic N) is 2. The Morgan fingerprint density at radius 1 is 1.33 bits per heavy atom. The van der Waals surface area contributed by atoms with E-state index in [0.29, 0.717) is 11.9 Å². The minimum atomic E-state index is -0.283.